The minimum Gasteiger partial charge on any atom is -0.325 e. The lowest BCUT2D eigenvalue weighted by Crippen LogP contribution is -2.37. The number of sulfonamides is 2. The van der Waals surface area contributed by atoms with Crippen LogP contribution in [0.1, 0.15) is 5.56 Å². The number of benzene rings is 2. The van der Waals surface area contributed by atoms with Gasteiger partial charge >= 0.3 is 6.18 Å². The molecule has 0 saturated heterocycles. The lowest BCUT2D eigenvalue weighted by Gasteiger charge is -2.23. The molecule has 0 fully saturated rings. The van der Waals surface area contributed by atoms with E-state index >= 15 is 0 Å². The number of carbonyl (C=O) groups is 1. The molecule has 0 atom stereocenters. The number of hydrogen-bond donors (Lipinski definition) is 2. The van der Waals surface area contributed by atoms with Crippen LogP contribution >= 0.6 is 11.6 Å². The van der Waals surface area contributed by atoms with Gasteiger partial charge in [0.15, 0.2) is 0 Å². The van der Waals surface area contributed by atoms with Crippen LogP contribution in [0.2, 0.25) is 5.02 Å². The normalized spacial score (nSPS) is 12.1. The quantitative estimate of drug-likeness (QED) is 0.428. The van der Waals surface area contributed by atoms with E-state index in [0.717, 1.165) is 18.4 Å². The monoisotopic (exact) mass is 563 g/mol. The molecule has 1 amide bonds. The van der Waals surface area contributed by atoms with Gasteiger partial charge in [0.2, 0.25) is 21.9 Å². The molecule has 0 aliphatic carbocycles. The highest BCUT2D eigenvalue weighted by atomic mass is 35.5. The first-order chi connectivity index (χ1) is 16.7. The minimum absolute atomic E-state index is 0.107. The second-order valence-corrected chi connectivity index (χ2v) is 11.2. The average molecular weight is 564 g/mol. The number of alkyl halides is 3. The number of anilines is 3. The number of carbonyl (C=O) groups excluding carboxylic acids is 1. The molecule has 0 unspecified atom stereocenters. The van der Waals surface area contributed by atoms with E-state index in [4.69, 9.17) is 11.6 Å². The maximum Gasteiger partial charge on any atom is 0.417 e. The van der Waals surface area contributed by atoms with Crippen LogP contribution in [0.5, 0.6) is 0 Å². The first-order valence-corrected chi connectivity index (χ1v) is 13.4. The number of halogens is 4. The Balaban J connectivity index is 1.76. The number of rotatable bonds is 8. The van der Waals surface area contributed by atoms with Gasteiger partial charge in [-0.2, -0.15) is 13.2 Å². The summed E-state index contributed by atoms with van der Waals surface area (Å²) in [5.41, 5.74) is -1.57. The van der Waals surface area contributed by atoms with Crippen molar-refractivity contribution >= 4 is 54.9 Å². The summed E-state index contributed by atoms with van der Waals surface area (Å²) in [6.45, 7) is -0.856. The zero-order valence-electron chi connectivity index (χ0n) is 18.2. The van der Waals surface area contributed by atoms with Crippen LogP contribution in [-0.4, -0.2) is 45.5 Å². The molecule has 192 valence electrons. The molecule has 36 heavy (non-hydrogen) atoms. The molecular weight excluding hydrogens is 547 g/mol. The standard InChI is InChI=1S/C20H17ClF3N5O5S2/c1-35(31,32)29(14-5-8-17(21)16(11-14)20(22,23)24)12-18(30)27-13-3-6-15(7-4-13)36(33,34)28-19-25-9-2-10-26-19/h2-11H,12H2,1H3,(H,27,30)(H,25,26,28). The van der Waals surface area contributed by atoms with E-state index in [0.29, 0.717) is 10.4 Å². The minimum atomic E-state index is -4.85. The smallest absolute Gasteiger partial charge is 0.325 e. The highest BCUT2D eigenvalue weighted by Gasteiger charge is 2.34. The third-order valence-corrected chi connectivity index (χ3v) is 7.28. The Kier molecular flexibility index (Phi) is 7.76. The summed E-state index contributed by atoms with van der Waals surface area (Å²) in [6.07, 6.45) is -1.43. The average Bonchev–Trinajstić information content (AvgIpc) is 2.77. The molecular formula is C20H17ClF3N5O5S2. The van der Waals surface area contributed by atoms with E-state index in [2.05, 4.69) is 20.0 Å². The van der Waals surface area contributed by atoms with Crippen LogP contribution in [0, 0.1) is 0 Å². The zero-order chi connectivity index (χ0) is 26.7. The van der Waals surface area contributed by atoms with Gasteiger partial charge in [-0.05, 0) is 48.5 Å². The van der Waals surface area contributed by atoms with Crippen molar-refractivity contribution in [2.75, 3.05) is 27.1 Å². The Morgan fingerprint density at radius 3 is 2.19 bits per heavy atom. The van der Waals surface area contributed by atoms with Crippen molar-refractivity contribution in [3.8, 4) is 0 Å². The number of nitrogens with one attached hydrogen (secondary N) is 2. The van der Waals surface area contributed by atoms with Crippen LogP contribution in [0.4, 0.5) is 30.5 Å². The Bertz CT molecular complexity index is 1470. The first kappa shape index (κ1) is 27.2. The van der Waals surface area contributed by atoms with Crippen LogP contribution in [0.25, 0.3) is 0 Å². The molecule has 3 rings (SSSR count). The van der Waals surface area contributed by atoms with Crippen molar-refractivity contribution in [3.63, 3.8) is 0 Å². The van der Waals surface area contributed by atoms with Crippen molar-refractivity contribution in [1.82, 2.24) is 9.97 Å². The van der Waals surface area contributed by atoms with E-state index < -0.39 is 54.9 Å². The SMILES string of the molecule is CS(=O)(=O)N(CC(=O)Nc1ccc(S(=O)(=O)Nc2ncccn2)cc1)c1ccc(Cl)c(C(F)(F)F)c1. The van der Waals surface area contributed by atoms with E-state index in [1.165, 1.54) is 42.7 Å². The molecule has 10 nitrogen and oxygen atoms in total. The molecule has 0 aliphatic heterocycles. The van der Waals surface area contributed by atoms with E-state index in [9.17, 15) is 34.8 Å². The fourth-order valence-corrected chi connectivity index (χ4v) is 4.90. The second-order valence-electron chi connectivity index (χ2n) is 7.18. The number of amides is 1. The van der Waals surface area contributed by atoms with Crippen LogP contribution in [-0.2, 0) is 31.0 Å². The van der Waals surface area contributed by atoms with Gasteiger partial charge in [0, 0.05) is 18.1 Å². The number of hydrogen-bond acceptors (Lipinski definition) is 7. The topological polar surface area (TPSA) is 138 Å². The summed E-state index contributed by atoms with van der Waals surface area (Å²) in [6, 6.07) is 8.77. The molecule has 16 heteroatoms. The molecule has 1 heterocycles. The summed E-state index contributed by atoms with van der Waals surface area (Å²) < 4.78 is 91.5. The van der Waals surface area contributed by atoms with Crippen molar-refractivity contribution in [3.05, 3.63) is 71.5 Å². The number of nitrogens with zero attached hydrogens (tertiary/aromatic N) is 3. The predicted molar refractivity (Wildman–Crippen MR) is 127 cm³/mol. The van der Waals surface area contributed by atoms with Gasteiger partial charge in [-0.15, -0.1) is 0 Å². The van der Waals surface area contributed by atoms with Gasteiger partial charge in [-0.25, -0.2) is 31.5 Å². The van der Waals surface area contributed by atoms with E-state index in [1.807, 2.05) is 0 Å². The van der Waals surface area contributed by atoms with Crippen molar-refractivity contribution in [2.24, 2.45) is 0 Å². The first-order valence-electron chi connectivity index (χ1n) is 9.71. The summed E-state index contributed by atoms with van der Waals surface area (Å²) in [5, 5.41) is 1.73. The molecule has 0 bridgehead atoms. The van der Waals surface area contributed by atoms with Gasteiger partial charge in [0.1, 0.15) is 6.54 Å². The van der Waals surface area contributed by atoms with Crippen molar-refractivity contribution in [1.29, 1.82) is 0 Å². The maximum absolute atomic E-state index is 13.2. The van der Waals surface area contributed by atoms with Crippen molar-refractivity contribution < 1.29 is 34.8 Å². The van der Waals surface area contributed by atoms with Gasteiger partial charge in [-0.1, -0.05) is 11.6 Å². The summed E-state index contributed by atoms with van der Waals surface area (Å²) >= 11 is 5.58. The summed E-state index contributed by atoms with van der Waals surface area (Å²) in [7, 11) is -8.20. The van der Waals surface area contributed by atoms with E-state index in [-0.39, 0.29) is 16.5 Å². The van der Waals surface area contributed by atoms with Crippen LogP contribution in [0.15, 0.2) is 65.8 Å². The lowest BCUT2D eigenvalue weighted by atomic mass is 10.2. The number of aromatic nitrogens is 2. The predicted octanol–water partition coefficient (Wildman–Crippen LogP) is 3.35. The molecule has 0 radical (unpaired) electrons. The summed E-state index contributed by atoms with van der Waals surface area (Å²) in [5.74, 6) is -1.04. The van der Waals surface area contributed by atoms with Crippen LogP contribution < -0.4 is 14.3 Å². The fourth-order valence-electron chi connectivity index (χ4n) is 2.86. The molecule has 2 aromatic carbocycles. The third-order valence-electron chi connectivity index (χ3n) is 4.47. The summed E-state index contributed by atoms with van der Waals surface area (Å²) in [4.78, 5) is 19.8. The van der Waals surface area contributed by atoms with Crippen LogP contribution in [0.3, 0.4) is 0 Å². The molecule has 3 aromatic rings. The second kappa shape index (κ2) is 10.3. The van der Waals surface area contributed by atoms with Gasteiger partial charge in [0.05, 0.1) is 27.4 Å². The Morgan fingerprint density at radius 1 is 1.03 bits per heavy atom. The molecule has 2 N–H and O–H groups in total. The van der Waals surface area contributed by atoms with Gasteiger partial charge in [-0.3, -0.25) is 9.10 Å². The Morgan fingerprint density at radius 2 is 1.64 bits per heavy atom. The maximum atomic E-state index is 13.2. The zero-order valence-corrected chi connectivity index (χ0v) is 20.6. The molecule has 0 aliphatic rings. The lowest BCUT2D eigenvalue weighted by molar-refractivity contribution is -0.137. The van der Waals surface area contributed by atoms with E-state index in [1.54, 1.807) is 0 Å². The van der Waals surface area contributed by atoms with Gasteiger partial charge < -0.3 is 5.32 Å². The Hall–Kier alpha value is -3.43. The van der Waals surface area contributed by atoms with Gasteiger partial charge in [0.25, 0.3) is 10.0 Å². The highest BCUT2D eigenvalue weighted by molar-refractivity contribution is 7.92. The molecule has 1 aromatic heterocycles. The third kappa shape index (κ3) is 6.83. The molecule has 0 spiro atoms. The Labute approximate surface area is 209 Å². The molecule has 0 saturated carbocycles. The fraction of sp³-hybridized carbons (Fsp3) is 0.150. The highest BCUT2D eigenvalue weighted by Crippen LogP contribution is 2.37. The van der Waals surface area contributed by atoms with Crippen molar-refractivity contribution in [2.45, 2.75) is 11.1 Å². The largest absolute Gasteiger partial charge is 0.417 e.